The average molecular weight is 358 g/mol. The Hall–Kier alpha value is -2.71. The van der Waals surface area contributed by atoms with Crippen LogP contribution in [0.3, 0.4) is 0 Å². The number of amides is 1. The van der Waals surface area contributed by atoms with Gasteiger partial charge in [0.1, 0.15) is 11.3 Å². The van der Waals surface area contributed by atoms with Crippen molar-refractivity contribution in [1.82, 2.24) is 14.7 Å². The maximum Gasteiger partial charge on any atom is 0.270 e. The molecule has 0 atom stereocenters. The van der Waals surface area contributed by atoms with E-state index < -0.39 is 10.0 Å². The molecule has 1 amide bonds. The van der Waals surface area contributed by atoms with Crippen molar-refractivity contribution in [2.75, 3.05) is 6.54 Å². The van der Waals surface area contributed by atoms with Crippen molar-refractivity contribution in [1.29, 1.82) is 0 Å². The van der Waals surface area contributed by atoms with Gasteiger partial charge in [-0.25, -0.2) is 18.5 Å². The molecule has 0 aliphatic heterocycles. The third-order valence-corrected chi connectivity index (χ3v) is 4.80. The van der Waals surface area contributed by atoms with E-state index in [-0.39, 0.29) is 10.8 Å². The molecule has 3 N–H and O–H groups in total. The van der Waals surface area contributed by atoms with Gasteiger partial charge in [0.05, 0.1) is 10.6 Å². The highest BCUT2D eigenvalue weighted by atomic mass is 32.2. The number of sulfonamides is 1. The predicted octanol–water partition coefficient (Wildman–Crippen LogP) is 1.26. The highest BCUT2D eigenvalue weighted by Gasteiger charge is 2.15. The van der Waals surface area contributed by atoms with Gasteiger partial charge in [-0.2, -0.15) is 0 Å². The minimum atomic E-state index is -3.69. The number of fused-ring (bicyclic) bond motifs is 1. The predicted molar refractivity (Wildman–Crippen MR) is 93.8 cm³/mol. The molecule has 0 saturated carbocycles. The van der Waals surface area contributed by atoms with E-state index >= 15 is 0 Å². The van der Waals surface area contributed by atoms with E-state index in [2.05, 4.69) is 10.3 Å². The smallest absolute Gasteiger partial charge is 0.270 e. The van der Waals surface area contributed by atoms with Crippen molar-refractivity contribution >= 4 is 21.6 Å². The summed E-state index contributed by atoms with van der Waals surface area (Å²) in [5.74, 6) is -0.197. The number of nitrogens with zero attached hydrogens (tertiary/aromatic N) is 2. The first-order valence-electron chi connectivity index (χ1n) is 7.70. The molecule has 3 rings (SSSR count). The molecule has 0 aliphatic rings. The van der Waals surface area contributed by atoms with E-state index in [4.69, 9.17) is 5.14 Å². The summed E-state index contributed by atoms with van der Waals surface area (Å²) in [5.41, 5.74) is 2.81. The van der Waals surface area contributed by atoms with E-state index in [9.17, 15) is 13.2 Å². The second kappa shape index (κ2) is 6.66. The van der Waals surface area contributed by atoms with Crippen LogP contribution < -0.4 is 10.5 Å². The second-order valence-electron chi connectivity index (χ2n) is 5.67. The van der Waals surface area contributed by atoms with Gasteiger partial charge in [0, 0.05) is 12.7 Å². The molecular weight excluding hydrogens is 340 g/mol. The van der Waals surface area contributed by atoms with Crippen molar-refractivity contribution in [3.8, 4) is 0 Å². The highest BCUT2D eigenvalue weighted by Crippen LogP contribution is 2.12. The molecule has 8 heteroatoms. The van der Waals surface area contributed by atoms with E-state index in [0.29, 0.717) is 24.4 Å². The first kappa shape index (κ1) is 17.1. The van der Waals surface area contributed by atoms with Gasteiger partial charge in [-0.3, -0.25) is 9.20 Å². The van der Waals surface area contributed by atoms with Crippen molar-refractivity contribution in [2.24, 2.45) is 5.14 Å². The molecule has 0 unspecified atom stereocenters. The molecule has 3 aromatic rings. The van der Waals surface area contributed by atoms with Crippen LogP contribution in [0.2, 0.25) is 0 Å². The number of hydrogen-bond acceptors (Lipinski definition) is 4. The number of aromatic nitrogens is 2. The summed E-state index contributed by atoms with van der Waals surface area (Å²) in [6.45, 7) is 2.22. The molecule has 25 heavy (non-hydrogen) atoms. The fourth-order valence-electron chi connectivity index (χ4n) is 2.64. The summed E-state index contributed by atoms with van der Waals surface area (Å²) in [5, 5.41) is 7.94. The van der Waals surface area contributed by atoms with Gasteiger partial charge >= 0.3 is 0 Å². The zero-order chi connectivity index (χ0) is 18.0. The molecular formula is C17H18N4O3S. The van der Waals surface area contributed by atoms with Crippen LogP contribution in [0.1, 0.15) is 21.7 Å². The van der Waals surface area contributed by atoms with Gasteiger partial charge in [-0.1, -0.05) is 18.2 Å². The van der Waals surface area contributed by atoms with Gasteiger partial charge in [0.2, 0.25) is 10.0 Å². The first-order valence-corrected chi connectivity index (χ1v) is 9.24. The monoisotopic (exact) mass is 358 g/mol. The molecule has 0 spiro atoms. The topological polar surface area (TPSA) is 107 Å². The Morgan fingerprint density at radius 1 is 1.20 bits per heavy atom. The van der Waals surface area contributed by atoms with Gasteiger partial charge in [-0.05, 0) is 43.2 Å². The summed E-state index contributed by atoms with van der Waals surface area (Å²) >= 11 is 0. The minimum Gasteiger partial charge on any atom is -0.350 e. The van der Waals surface area contributed by atoms with Crippen LogP contribution in [0.25, 0.3) is 5.65 Å². The van der Waals surface area contributed by atoms with Crippen LogP contribution in [0.4, 0.5) is 0 Å². The standard InChI is InChI=1S/C17H18N4O3S/c1-12-16(21-11-3-2-4-15(21)20-12)17(22)19-10-9-13-5-7-14(8-6-13)25(18,23)24/h2-8,11H,9-10H2,1H3,(H,19,22)(H2,18,23,24). The number of pyridine rings is 1. The summed E-state index contributed by atoms with van der Waals surface area (Å²) in [4.78, 5) is 16.9. The Bertz CT molecular complexity index is 1020. The normalized spacial score (nSPS) is 11.6. The summed E-state index contributed by atoms with van der Waals surface area (Å²) in [7, 11) is -3.69. The van der Waals surface area contributed by atoms with Gasteiger partial charge in [-0.15, -0.1) is 0 Å². The lowest BCUT2D eigenvalue weighted by molar-refractivity contribution is 0.0947. The lowest BCUT2D eigenvalue weighted by Crippen LogP contribution is -2.27. The number of benzene rings is 1. The lowest BCUT2D eigenvalue weighted by atomic mass is 10.1. The van der Waals surface area contributed by atoms with Crippen LogP contribution in [-0.4, -0.2) is 30.3 Å². The van der Waals surface area contributed by atoms with Crippen LogP contribution in [0, 0.1) is 6.92 Å². The number of carbonyl (C=O) groups is 1. The number of rotatable bonds is 5. The van der Waals surface area contributed by atoms with Gasteiger partial charge < -0.3 is 5.32 Å². The summed E-state index contributed by atoms with van der Waals surface area (Å²) in [6, 6.07) is 11.8. The highest BCUT2D eigenvalue weighted by molar-refractivity contribution is 7.89. The quantitative estimate of drug-likeness (QED) is 0.716. The lowest BCUT2D eigenvalue weighted by Gasteiger charge is -2.07. The molecule has 7 nitrogen and oxygen atoms in total. The van der Waals surface area contributed by atoms with Crippen molar-refractivity contribution in [3.63, 3.8) is 0 Å². The maximum atomic E-state index is 12.4. The van der Waals surface area contributed by atoms with Crippen molar-refractivity contribution < 1.29 is 13.2 Å². The Morgan fingerprint density at radius 3 is 2.60 bits per heavy atom. The minimum absolute atomic E-state index is 0.0710. The fourth-order valence-corrected chi connectivity index (χ4v) is 3.15. The van der Waals surface area contributed by atoms with Crippen LogP contribution >= 0.6 is 0 Å². The number of hydrogen-bond donors (Lipinski definition) is 2. The van der Waals surface area contributed by atoms with Crippen LogP contribution in [0.5, 0.6) is 0 Å². The molecule has 0 radical (unpaired) electrons. The number of nitrogens with two attached hydrogens (primary N) is 1. The third kappa shape index (κ3) is 3.70. The first-order chi connectivity index (χ1) is 11.9. The number of aryl methyl sites for hydroxylation is 1. The van der Waals surface area contributed by atoms with Crippen LogP contribution in [0.15, 0.2) is 53.6 Å². The third-order valence-electron chi connectivity index (χ3n) is 3.87. The SMILES string of the molecule is Cc1nc2ccccn2c1C(=O)NCCc1ccc(S(N)(=O)=O)cc1. The Morgan fingerprint density at radius 2 is 1.92 bits per heavy atom. The maximum absolute atomic E-state index is 12.4. The Labute approximate surface area is 145 Å². The Kier molecular flexibility index (Phi) is 4.56. The fraction of sp³-hybridized carbons (Fsp3) is 0.176. The molecule has 2 heterocycles. The Balaban J connectivity index is 1.65. The molecule has 0 saturated heterocycles. The molecule has 0 bridgehead atoms. The zero-order valence-electron chi connectivity index (χ0n) is 13.6. The van der Waals surface area contributed by atoms with Crippen molar-refractivity contribution in [3.05, 3.63) is 65.6 Å². The molecule has 0 aliphatic carbocycles. The summed E-state index contributed by atoms with van der Waals surface area (Å²) < 4.78 is 24.2. The molecule has 0 fully saturated rings. The largest absolute Gasteiger partial charge is 0.350 e. The number of nitrogens with one attached hydrogen (secondary N) is 1. The molecule has 130 valence electrons. The summed E-state index contributed by atoms with van der Waals surface area (Å²) in [6.07, 6.45) is 2.38. The number of carbonyl (C=O) groups excluding carboxylic acids is 1. The molecule has 1 aromatic carbocycles. The molecule has 2 aromatic heterocycles. The number of primary sulfonamides is 1. The van der Waals surface area contributed by atoms with Gasteiger partial charge in [0.15, 0.2) is 0 Å². The zero-order valence-corrected chi connectivity index (χ0v) is 14.5. The van der Waals surface area contributed by atoms with Crippen LogP contribution in [-0.2, 0) is 16.4 Å². The van der Waals surface area contributed by atoms with Crippen molar-refractivity contribution in [2.45, 2.75) is 18.2 Å². The van der Waals surface area contributed by atoms with E-state index in [1.807, 2.05) is 18.2 Å². The number of imidazole rings is 1. The van der Waals surface area contributed by atoms with E-state index in [0.717, 1.165) is 11.2 Å². The van der Waals surface area contributed by atoms with E-state index in [1.54, 1.807) is 29.7 Å². The second-order valence-corrected chi connectivity index (χ2v) is 7.23. The van der Waals surface area contributed by atoms with Gasteiger partial charge in [0.25, 0.3) is 5.91 Å². The average Bonchev–Trinajstić information content (AvgIpc) is 2.90. The van der Waals surface area contributed by atoms with E-state index in [1.165, 1.54) is 12.1 Å².